The van der Waals surface area contributed by atoms with Crippen molar-refractivity contribution >= 4 is 23.2 Å². The Morgan fingerprint density at radius 1 is 1.30 bits per heavy atom. The summed E-state index contributed by atoms with van der Waals surface area (Å²) in [7, 11) is 1.52. The number of hydrogen-bond acceptors (Lipinski definition) is 3. The van der Waals surface area contributed by atoms with Crippen molar-refractivity contribution in [2.24, 2.45) is 0 Å². The van der Waals surface area contributed by atoms with Gasteiger partial charge in [0.2, 0.25) is 0 Å². The second kappa shape index (κ2) is 6.41. The molecule has 0 saturated heterocycles. The molecule has 2 aromatic carbocycles. The summed E-state index contributed by atoms with van der Waals surface area (Å²) in [4.78, 5) is 12.1. The molecule has 0 atom stereocenters. The van der Waals surface area contributed by atoms with E-state index in [1.54, 1.807) is 42.5 Å². The molecule has 2 N–H and O–H groups in total. The molecule has 0 radical (unpaired) electrons. The number of nitrogens with one attached hydrogen (secondary N) is 1. The Hall–Kier alpha value is -2.04. The van der Waals surface area contributed by atoms with Gasteiger partial charge in [-0.15, -0.1) is 0 Å². The van der Waals surface area contributed by atoms with E-state index in [1.165, 1.54) is 7.11 Å². The van der Waals surface area contributed by atoms with Crippen molar-refractivity contribution in [1.82, 2.24) is 0 Å². The molecule has 0 aliphatic rings. The molecular formula is C15H14ClNO3. The van der Waals surface area contributed by atoms with Gasteiger partial charge in [0.25, 0.3) is 5.91 Å². The van der Waals surface area contributed by atoms with Crippen molar-refractivity contribution in [1.29, 1.82) is 0 Å². The van der Waals surface area contributed by atoms with Gasteiger partial charge in [0.05, 0.1) is 24.3 Å². The lowest BCUT2D eigenvalue weighted by molar-refractivity contribution is 0.102. The lowest BCUT2D eigenvalue weighted by Gasteiger charge is -2.10. The highest BCUT2D eigenvalue weighted by molar-refractivity contribution is 6.34. The quantitative estimate of drug-likeness (QED) is 0.910. The van der Waals surface area contributed by atoms with E-state index < -0.39 is 0 Å². The number of carbonyl (C=O) groups excluding carboxylic acids is 1. The summed E-state index contributed by atoms with van der Waals surface area (Å²) in [5.41, 5.74) is 1.57. The number of hydrogen-bond donors (Lipinski definition) is 2. The molecule has 0 saturated carbocycles. The number of anilines is 1. The molecule has 2 aromatic rings. The van der Waals surface area contributed by atoms with Crippen LogP contribution in [0.3, 0.4) is 0 Å². The van der Waals surface area contributed by atoms with E-state index in [9.17, 15) is 9.90 Å². The van der Waals surface area contributed by atoms with Crippen LogP contribution in [-0.2, 0) is 6.61 Å². The van der Waals surface area contributed by atoms with Crippen LogP contribution in [-0.4, -0.2) is 18.1 Å². The van der Waals surface area contributed by atoms with Crippen LogP contribution in [0.1, 0.15) is 15.9 Å². The number of ether oxygens (including phenoxy) is 1. The fraction of sp³-hybridized carbons (Fsp3) is 0.133. The maximum Gasteiger partial charge on any atom is 0.257 e. The average molecular weight is 292 g/mol. The van der Waals surface area contributed by atoms with Gasteiger partial charge >= 0.3 is 0 Å². The number of aliphatic hydroxyl groups excluding tert-OH is 1. The number of rotatable bonds is 4. The first-order valence-corrected chi connectivity index (χ1v) is 6.37. The predicted molar refractivity (Wildman–Crippen MR) is 78.3 cm³/mol. The third-order valence-corrected chi connectivity index (χ3v) is 3.16. The number of benzene rings is 2. The van der Waals surface area contributed by atoms with Crippen LogP contribution in [0.5, 0.6) is 5.75 Å². The molecule has 0 fully saturated rings. The molecule has 20 heavy (non-hydrogen) atoms. The molecule has 5 heteroatoms. The Morgan fingerprint density at radius 3 is 2.70 bits per heavy atom. The van der Waals surface area contributed by atoms with Crippen molar-refractivity contribution in [3.8, 4) is 5.75 Å². The monoisotopic (exact) mass is 291 g/mol. The number of halogens is 1. The maximum atomic E-state index is 12.1. The lowest BCUT2D eigenvalue weighted by atomic mass is 10.1. The van der Waals surface area contributed by atoms with Crippen molar-refractivity contribution in [2.75, 3.05) is 12.4 Å². The summed E-state index contributed by atoms with van der Waals surface area (Å²) in [6.07, 6.45) is 0. The van der Waals surface area contributed by atoms with Gasteiger partial charge < -0.3 is 15.2 Å². The van der Waals surface area contributed by atoms with Gasteiger partial charge in [-0.2, -0.15) is 0 Å². The first kappa shape index (κ1) is 14.4. The Labute approximate surface area is 122 Å². The second-order valence-corrected chi connectivity index (χ2v) is 4.53. The van der Waals surface area contributed by atoms with Crippen LogP contribution < -0.4 is 10.1 Å². The van der Waals surface area contributed by atoms with E-state index in [4.69, 9.17) is 16.3 Å². The summed E-state index contributed by atoms with van der Waals surface area (Å²) in [6, 6.07) is 11.9. The Balaban J connectivity index is 2.22. The van der Waals surface area contributed by atoms with Crippen molar-refractivity contribution in [2.45, 2.75) is 6.61 Å². The third kappa shape index (κ3) is 3.10. The molecule has 4 nitrogen and oxygen atoms in total. The molecular weight excluding hydrogens is 278 g/mol. The van der Waals surface area contributed by atoms with Crippen molar-refractivity contribution in [3.05, 3.63) is 58.6 Å². The number of carbonyl (C=O) groups is 1. The van der Waals surface area contributed by atoms with Crippen molar-refractivity contribution in [3.63, 3.8) is 0 Å². The molecule has 0 aromatic heterocycles. The number of methoxy groups -OCH3 is 1. The fourth-order valence-corrected chi connectivity index (χ4v) is 2.05. The zero-order valence-electron chi connectivity index (χ0n) is 10.9. The highest BCUT2D eigenvalue weighted by Gasteiger charge is 2.11. The zero-order valence-corrected chi connectivity index (χ0v) is 11.6. The normalized spacial score (nSPS) is 10.2. The summed E-state index contributed by atoms with van der Waals surface area (Å²) < 4.78 is 5.11. The number of amides is 1. The minimum absolute atomic E-state index is 0.168. The molecule has 0 spiro atoms. The third-order valence-electron chi connectivity index (χ3n) is 2.83. The van der Waals surface area contributed by atoms with E-state index >= 15 is 0 Å². The smallest absolute Gasteiger partial charge is 0.257 e. The molecule has 1 amide bonds. The minimum atomic E-state index is -0.301. The Morgan fingerprint density at radius 2 is 2.05 bits per heavy atom. The Kier molecular flexibility index (Phi) is 4.61. The van der Waals surface area contributed by atoms with Gasteiger partial charge in [0.15, 0.2) is 0 Å². The van der Waals surface area contributed by atoms with Crippen LogP contribution in [0, 0.1) is 0 Å². The van der Waals surface area contributed by atoms with Gasteiger partial charge in [-0.25, -0.2) is 0 Å². The van der Waals surface area contributed by atoms with Crippen LogP contribution >= 0.6 is 11.6 Å². The molecule has 0 aliphatic heterocycles. The van der Waals surface area contributed by atoms with E-state index in [1.807, 2.05) is 0 Å². The Bertz CT molecular complexity index is 628. The van der Waals surface area contributed by atoms with E-state index in [2.05, 4.69) is 5.32 Å². The van der Waals surface area contributed by atoms with Gasteiger partial charge in [0, 0.05) is 11.3 Å². The van der Waals surface area contributed by atoms with E-state index in [0.29, 0.717) is 27.6 Å². The molecule has 2 rings (SSSR count). The molecule has 104 valence electrons. The number of aliphatic hydroxyl groups is 1. The SMILES string of the molecule is COc1ccc(NC(=O)c2ccccc2Cl)cc1CO. The summed E-state index contributed by atoms with van der Waals surface area (Å²) in [5, 5.41) is 12.4. The molecule has 0 aliphatic carbocycles. The van der Waals surface area contributed by atoms with Gasteiger partial charge in [0.1, 0.15) is 5.75 Å². The molecule has 0 bridgehead atoms. The standard InChI is InChI=1S/C15H14ClNO3/c1-20-14-7-6-11(8-10(14)9-18)17-15(19)12-4-2-3-5-13(12)16/h2-8,18H,9H2,1H3,(H,17,19). The van der Waals surface area contributed by atoms with Gasteiger partial charge in [-0.3, -0.25) is 4.79 Å². The highest BCUT2D eigenvalue weighted by Crippen LogP contribution is 2.23. The largest absolute Gasteiger partial charge is 0.496 e. The van der Waals surface area contributed by atoms with E-state index in [0.717, 1.165) is 0 Å². The maximum absolute atomic E-state index is 12.1. The van der Waals surface area contributed by atoms with Crippen LogP contribution in [0.2, 0.25) is 5.02 Å². The van der Waals surface area contributed by atoms with Crippen LogP contribution in [0.25, 0.3) is 0 Å². The second-order valence-electron chi connectivity index (χ2n) is 4.12. The summed E-state index contributed by atoms with van der Waals surface area (Å²) >= 11 is 5.97. The predicted octanol–water partition coefficient (Wildman–Crippen LogP) is 3.09. The van der Waals surface area contributed by atoms with E-state index in [-0.39, 0.29) is 12.5 Å². The summed E-state index contributed by atoms with van der Waals surface area (Å²) in [6.45, 7) is -0.168. The fourth-order valence-electron chi connectivity index (χ4n) is 1.82. The topological polar surface area (TPSA) is 58.6 Å². The van der Waals surface area contributed by atoms with Crippen LogP contribution in [0.4, 0.5) is 5.69 Å². The van der Waals surface area contributed by atoms with Gasteiger partial charge in [-0.1, -0.05) is 23.7 Å². The molecule has 0 heterocycles. The highest BCUT2D eigenvalue weighted by atomic mass is 35.5. The van der Waals surface area contributed by atoms with Gasteiger partial charge in [-0.05, 0) is 30.3 Å². The average Bonchev–Trinajstić information content (AvgIpc) is 2.47. The zero-order chi connectivity index (χ0) is 14.5. The minimum Gasteiger partial charge on any atom is -0.496 e. The van der Waals surface area contributed by atoms with Crippen LogP contribution in [0.15, 0.2) is 42.5 Å². The molecule has 0 unspecified atom stereocenters. The lowest BCUT2D eigenvalue weighted by Crippen LogP contribution is -2.12. The first-order valence-electron chi connectivity index (χ1n) is 5.99. The van der Waals surface area contributed by atoms with Crippen molar-refractivity contribution < 1.29 is 14.6 Å². The first-order chi connectivity index (χ1) is 9.65. The summed E-state index contributed by atoms with van der Waals surface area (Å²) in [5.74, 6) is 0.271.